The number of hydrogen-bond acceptors (Lipinski definition) is 6. The topological polar surface area (TPSA) is 89.8 Å². The Kier molecular flexibility index (Phi) is 6.51. The van der Waals surface area contributed by atoms with Gasteiger partial charge in [-0.1, -0.05) is 23.7 Å². The van der Waals surface area contributed by atoms with Gasteiger partial charge in [0.05, 0.1) is 16.3 Å². The van der Waals surface area contributed by atoms with Crippen LogP contribution in [0.15, 0.2) is 59.2 Å². The van der Waals surface area contributed by atoms with Crippen LogP contribution in [-0.2, 0) is 16.2 Å². The van der Waals surface area contributed by atoms with Crippen molar-refractivity contribution >= 4 is 33.0 Å². The molecule has 1 aromatic carbocycles. The number of thiophene rings is 1. The molecule has 0 aliphatic heterocycles. The third-order valence-corrected chi connectivity index (χ3v) is 8.11. The number of halogens is 4. The van der Waals surface area contributed by atoms with Crippen molar-refractivity contribution in [1.29, 1.82) is 0 Å². The molecule has 184 valence electrons. The zero-order chi connectivity index (χ0) is 25.6. The van der Waals surface area contributed by atoms with Gasteiger partial charge in [-0.3, -0.25) is 4.57 Å². The summed E-state index contributed by atoms with van der Waals surface area (Å²) in [5.41, 5.74) is -0.912. The Balaban J connectivity index is 1.71. The highest BCUT2D eigenvalue weighted by atomic mass is 35.5. The number of alkyl halides is 3. The number of nitrogens with zero attached hydrogens (tertiary/aromatic N) is 4. The molecule has 0 saturated carbocycles. The van der Waals surface area contributed by atoms with Crippen LogP contribution in [0.2, 0.25) is 5.02 Å². The minimum Gasteiger partial charge on any atom is -0.274 e. The van der Waals surface area contributed by atoms with Crippen LogP contribution in [0.5, 0.6) is 0 Å². The third kappa shape index (κ3) is 5.89. The molecule has 4 rings (SSSR count). The molecule has 0 aliphatic rings. The lowest BCUT2D eigenvalue weighted by atomic mass is 10.1. The minimum absolute atomic E-state index is 0.0620. The molecule has 13 heteroatoms. The lowest BCUT2D eigenvalue weighted by molar-refractivity contribution is -0.141. The number of rotatable bonds is 5. The second kappa shape index (κ2) is 9.01. The normalized spacial score (nSPS) is 12.8. The molecular formula is C22H19ClF3N5O2S2. The molecule has 35 heavy (non-hydrogen) atoms. The number of benzene rings is 1. The predicted octanol–water partition coefficient (Wildman–Crippen LogP) is 5.81. The fraction of sp³-hybridized carbons (Fsp3) is 0.227. The number of hydrogen-bond donors (Lipinski definition) is 1. The van der Waals surface area contributed by atoms with Gasteiger partial charge < -0.3 is 0 Å². The van der Waals surface area contributed by atoms with Gasteiger partial charge in [-0.25, -0.2) is 28.1 Å². The Bertz CT molecular complexity index is 1470. The standard InChI is InChI=1S/C22H19ClF3N5O2S2/c1-21(2,3)30-35(32,33)19-9-8-17(34-19)16-11-31(12-27-16)20-28-15(10-18(29-20)22(24,25)26)13-4-6-14(23)7-5-13/h4-12,30H,1-3H3. The Morgan fingerprint density at radius 2 is 1.69 bits per heavy atom. The molecule has 7 nitrogen and oxygen atoms in total. The van der Waals surface area contributed by atoms with Gasteiger partial charge in [-0.05, 0) is 51.1 Å². The monoisotopic (exact) mass is 541 g/mol. The second-order valence-electron chi connectivity index (χ2n) is 8.58. The Morgan fingerprint density at radius 3 is 2.31 bits per heavy atom. The zero-order valence-electron chi connectivity index (χ0n) is 18.6. The summed E-state index contributed by atoms with van der Waals surface area (Å²) in [6.45, 7) is 5.19. The van der Waals surface area contributed by atoms with Gasteiger partial charge in [-0.2, -0.15) is 13.2 Å². The van der Waals surface area contributed by atoms with Gasteiger partial charge in [0.25, 0.3) is 10.0 Å². The van der Waals surface area contributed by atoms with E-state index in [1.807, 2.05) is 0 Å². The minimum atomic E-state index is -4.70. The summed E-state index contributed by atoms with van der Waals surface area (Å²) in [6, 6.07) is 10.1. The fourth-order valence-corrected chi connectivity index (χ4v) is 5.89. The average molecular weight is 542 g/mol. The van der Waals surface area contributed by atoms with Crippen molar-refractivity contribution in [2.75, 3.05) is 0 Å². The van der Waals surface area contributed by atoms with E-state index in [9.17, 15) is 21.6 Å². The quantitative estimate of drug-likeness (QED) is 0.344. The Hall–Kier alpha value is -2.80. The first-order valence-corrected chi connectivity index (χ1v) is 12.8. The van der Waals surface area contributed by atoms with Gasteiger partial charge in [0.2, 0.25) is 5.95 Å². The molecule has 3 heterocycles. The summed E-state index contributed by atoms with van der Waals surface area (Å²) >= 11 is 6.88. The SMILES string of the molecule is CC(C)(C)NS(=O)(=O)c1ccc(-c2cn(-c3nc(-c4ccc(Cl)cc4)cc(C(F)(F)F)n3)cn2)s1. The van der Waals surface area contributed by atoms with E-state index in [1.54, 1.807) is 51.1 Å². The first kappa shape index (κ1) is 25.3. The largest absolute Gasteiger partial charge is 0.433 e. The third-order valence-electron chi connectivity index (χ3n) is 4.50. The Morgan fingerprint density at radius 1 is 1.00 bits per heavy atom. The summed E-state index contributed by atoms with van der Waals surface area (Å²) in [4.78, 5) is 12.7. The van der Waals surface area contributed by atoms with E-state index in [-0.39, 0.29) is 15.9 Å². The molecule has 3 aromatic heterocycles. The van der Waals surface area contributed by atoms with E-state index in [4.69, 9.17) is 11.6 Å². The van der Waals surface area contributed by atoms with Gasteiger partial charge in [0.15, 0.2) is 5.69 Å². The van der Waals surface area contributed by atoms with Crippen molar-refractivity contribution in [3.05, 3.63) is 65.7 Å². The molecule has 0 fully saturated rings. The van der Waals surface area contributed by atoms with Crippen molar-refractivity contribution in [2.24, 2.45) is 0 Å². The van der Waals surface area contributed by atoms with Crippen LogP contribution in [0.1, 0.15) is 26.5 Å². The summed E-state index contributed by atoms with van der Waals surface area (Å²) in [5.74, 6) is -0.234. The van der Waals surface area contributed by atoms with Crippen LogP contribution in [0.25, 0.3) is 27.8 Å². The van der Waals surface area contributed by atoms with Crippen molar-refractivity contribution < 1.29 is 21.6 Å². The van der Waals surface area contributed by atoms with Crippen LogP contribution >= 0.6 is 22.9 Å². The molecule has 0 saturated heterocycles. The smallest absolute Gasteiger partial charge is 0.274 e. The summed E-state index contributed by atoms with van der Waals surface area (Å²) in [5, 5.41) is 0.438. The molecule has 0 spiro atoms. The molecule has 4 aromatic rings. The van der Waals surface area contributed by atoms with E-state index in [0.717, 1.165) is 17.4 Å². The maximum atomic E-state index is 13.5. The first-order chi connectivity index (χ1) is 16.2. The number of aromatic nitrogens is 4. The zero-order valence-corrected chi connectivity index (χ0v) is 21.0. The van der Waals surface area contributed by atoms with E-state index in [2.05, 4.69) is 19.7 Å². The summed E-state index contributed by atoms with van der Waals surface area (Å²) in [6.07, 6.45) is -1.97. The van der Waals surface area contributed by atoms with Gasteiger partial charge in [0.1, 0.15) is 10.5 Å². The van der Waals surface area contributed by atoms with Crippen LogP contribution in [0.3, 0.4) is 0 Å². The molecular weight excluding hydrogens is 523 g/mol. The van der Waals surface area contributed by atoms with Gasteiger partial charge >= 0.3 is 6.18 Å². The van der Waals surface area contributed by atoms with E-state index >= 15 is 0 Å². The lowest BCUT2D eigenvalue weighted by Gasteiger charge is -2.19. The van der Waals surface area contributed by atoms with Crippen LogP contribution < -0.4 is 4.72 Å². The van der Waals surface area contributed by atoms with Crippen LogP contribution in [0, 0.1) is 0 Å². The molecule has 0 atom stereocenters. The highest BCUT2D eigenvalue weighted by Gasteiger charge is 2.34. The molecule has 1 N–H and O–H groups in total. The molecule has 0 bridgehead atoms. The van der Waals surface area contributed by atoms with Crippen LogP contribution in [0.4, 0.5) is 13.2 Å². The number of nitrogens with one attached hydrogen (secondary N) is 1. The average Bonchev–Trinajstić information content (AvgIpc) is 3.42. The fourth-order valence-electron chi connectivity index (χ4n) is 3.08. The summed E-state index contributed by atoms with van der Waals surface area (Å²) < 4.78 is 69.7. The van der Waals surface area contributed by atoms with Crippen LogP contribution in [-0.4, -0.2) is 33.5 Å². The van der Waals surface area contributed by atoms with Crippen molar-refractivity contribution in [2.45, 2.75) is 36.7 Å². The summed E-state index contributed by atoms with van der Waals surface area (Å²) in [7, 11) is -3.74. The predicted molar refractivity (Wildman–Crippen MR) is 128 cm³/mol. The number of imidazole rings is 1. The van der Waals surface area contributed by atoms with E-state index in [0.29, 0.717) is 21.2 Å². The first-order valence-electron chi connectivity index (χ1n) is 10.1. The maximum Gasteiger partial charge on any atom is 0.433 e. The van der Waals surface area contributed by atoms with Crippen molar-refractivity contribution in [1.82, 2.24) is 24.2 Å². The van der Waals surface area contributed by atoms with Crippen molar-refractivity contribution in [3.63, 3.8) is 0 Å². The van der Waals surface area contributed by atoms with Crippen molar-refractivity contribution in [3.8, 4) is 27.8 Å². The molecule has 0 radical (unpaired) electrons. The highest BCUT2D eigenvalue weighted by Crippen LogP contribution is 2.33. The van der Waals surface area contributed by atoms with Gasteiger partial charge in [-0.15, -0.1) is 11.3 Å². The van der Waals surface area contributed by atoms with E-state index < -0.39 is 27.4 Å². The molecule has 0 amide bonds. The molecule has 0 unspecified atom stereocenters. The molecule has 0 aliphatic carbocycles. The van der Waals surface area contributed by atoms with E-state index in [1.165, 1.54) is 23.2 Å². The second-order valence-corrected chi connectivity index (χ2v) is 12.0. The number of sulfonamides is 1. The highest BCUT2D eigenvalue weighted by molar-refractivity contribution is 7.91. The Labute approximate surface area is 208 Å². The van der Waals surface area contributed by atoms with Gasteiger partial charge in [0, 0.05) is 22.3 Å². The maximum absolute atomic E-state index is 13.5. The lowest BCUT2D eigenvalue weighted by Crippen LogP contribution is -2.40.